The highest BCUT2D eigenvalue weighted by Crippen LogP contribution is 2.72. The molecule has 69 heavy (non-hydrogen) atoms. The number of hydrogen-bond acceptors (Lipinski definition) is 12. The van der Waals surface area contributed by atoms with E-state index in [9.17, 15) is 43.8 Å². The molecule has 19 heteroatoms. The van der Waals surface area contributed by atoms with Gasteiger partial charge in [-0.3, -0.25) is 33.6 Å². The molecule has 1 unspecified atom stereocenters. The summed E-state index contributed by atoms with van der Waals surface area (Å²) >= 11 is 1.08. The van der Waals surface area contributed by atoms with Crippen LogP contribution in [-0.2, 0) is 43.0 Å². The zero-order valence-electron chi connectivity index (χ0n) is 39.3. The topological polar surface area (TPSA) is 247 Å². The Labute approximate surface area is 402 Å². The first kappa shape index (κ1) is 51.5. The van der Waals surface area contributed by atoms with Crippen LogP contribution in [0.1, 0.15) is 95.6 Å². The summed E-state index contributed by atoms with van der Waals surface area (Å²) in [5, 5.41) is 40.7. The number of rotatable bonds is 17. The Morgan fingerprint density at radius 3 is 2.16 bits per heavy atom. The van der Waals surface area contributed by atoms with Gasteiger partial charge in [-0.15, -0.1) is 0 Å². The minimum Gasteiger partial charge on any atom is -0.481 e. The first-order chi connectivity index (χ1) is 32.5. The molecule has 4 aliphatic carbocycles. The van der Waals surface area contributed by atoms with Crippen molar-refractivity contribution < 1.29 is 67.1 Å². The summed E-state index contributed by atoms with van der Waals surface area (Å²) in [7, 11) is 0. The van der Waals surface area contributed by atoms with Crippen LogP contribution in [0.4, 0.5) is 14.5 Å². The normalized spacial score (nSPS) is 32.7. The number of aliphatic hydroxyl groups excluding tert-OH is 2. The Kier molecular flexibility index (Phi) is 14.8. The number of hydrogen-bond donors (Lipinski definition) is 7. The molecule has 4 amide bonds. The number of allylic oxidation sites excluding steroid dienone is 4. The van der Waals surface area contributed by atoms with Crippen molar-refractivity contribution in [1.29, 1.82) is 0 Å². The number of aliphatic carboxylic acids is 1. The van der Waals surface area contributed by atoms with E-state index in [2.05, 4.69) is 21.3 Å². The maximum absolute atomic E-state index is 17.8. The molecule has 2 aromatic carbocycles. The Balaban J connectivity index is 0.936. The molecule has 1 heterocycles. The van der Waals surface area contributed by atoms with E-state index in [1.165, 1.54) is 32.9 Å². The van der Waals surface area contributed by atoms with Crippen molar-refractivity contribution in [2.45, 2.75) is 126 Å². The van der Waals surface area contributed by atoms with Crippen LogP contribution in [0.15, 0.2) is 72.3 Å². The quantitative estimate of drug-likeness (QED) is 0.118. The molecule has 7 N–H and O–H groups in total. The zero-order chi connectivity index (χ0) is 50.4. The summed E-state index contributed by atoms with van der Waals surface area (Å²) in [6.07, 6.45) is -0.918. The Hall–Kier alpha value is -5.34. The number of halogens is 2. The lowest BCUT2D eigenvalue weighted by molar-refractivity contribution is -0.235. The predicted molar refractivity (Wildman–Crippen MR) is 249 cm³/mol. The summed E-state index contributed by atoms with van der Waals surface area (Å²) in [4.78, 5) is 87.5. The summed E-state index contributed by atoms with van der Waals surface area (Å²) in [5.74, 6) is -6.24. The first-order valence-corrected chi connectivity index (χ1v) is 24.4. The number of carbonyl (C=O) groups is 7. The van der Waals surface area contributed by atoms with Gasteiger partial charge in [-0.05, 0) is 93.2 Å². The third-order valence-electron chi connectivity index (χ3n) is 15.4. The number of carboxylic acid groups (broad SMARTS) is 1. The molecular formula is C50H60F2N4O12S. The number of ketones is 2. The van der Waals surface area contributed by atoms with Gasteiger partial charge in [-0.2, -0.15) is 11.8 Å². The van der Waals surface area contributed by atoms with Crippen LogP contribution < -0.4 is 21.3 Å². The molecule has 5 aliphatic rings. The average Bonchev–Trinajstić information content (AvgIpc) is 3.82. The molecule has 1 aliphatic heterocycles. The lowest BCUT2D eigenvalue weighted by Gasteiger charge is -2.63. The van der Waals surface area contributed by atoms with Crippen molar-refractivity contribution in [2.75, 3.05) is 24.7 Å². The van der Waals surface area contributed by atoms with Crippen molar-refractivity contribution in [3.05, 3.63) is 89.0 Å². The number of fused-ring (bicyclic) bond motifs is 7. The highest BCUT2D eigenvalue weighted by Gasteiger charge is 2.80. The molecule has 0 spiro atoms. The first-order valence-electron chi connectivity index (χ1n) is 23.1. The van der Waals surface area contributed by atoms with Crippen molar-refractivity contribution >= 4 is 58.6 Å². The summed E-state index contributed by atoms with van der Waals surface area (Å²) < 4.78 is 46.9. The van der Waals surface area contributed by atoms with Gasteiger partial charge >= 0.3 is 5.97 Å². The number of amides is 4. The van der Waals surface area contributed by atoms with Crippen LogP contribution in [0, 0.1) is 22.7 Å². The number of carbonyl (C=O) groups excluding carboxylic acids is 6. The van der Waals surface area contributed by atoms with Gasteiger partial charge in [0, 0.05) is 46.9 Å². The molecule has 2 aromatic rings. The summed E-state index contributed by atoms with van der Waals surface area (Å²) in [6.45, 7) is 7.23. The van der Waals surface area contributed by atoms with Crippen LogP contribution in [-0.4, -0.2) is 123 Å². The number of benzene rings is 2. The van der Waals surface area contributed by atoms with Gasteiger partial charge in [0.25, 0.3) is 0 Å². The van der Waals surface area contributed by atoms with Crippen LogP contribution in [0.25, 0.3) is 0 Å². The number of ether oxygens (including phenoxy) is 2. The van der Waals surface area contributed by atoms with E-state index in [1.54, 1.807) is 37.4 Å². The smallest absolute Gasteiger partial charge is 0.305 e. The van der Waals surface area contributed by atoms with Gasteiger partial charge in [0.1, 0.15) is 24.9 Å². The van der Waals surface area contributed by atoms with Gasteiger partial charge in [-0.25, -0.2) is 8.78 Å². The number of alkyl halides is 2. The number of anilines is 1. The van der Waals surface area contributed by atoms with Gasteiger partial charge in [0.2, 0.25) is 23.6 Å². The SMILES string of the molecule is CSC(CC(=O)O)C(=O)NCCC(=O)N[C@@H](C)C(=O)N[C@@H](C)C(=O)Nc1ccc([C@@H](C)c2ccc([C@@H]3O[C@@H]4C[C@H]5[C@@H]6C[C@H](F)C7=CC(=O)C=C[C@]7(C)[C@@]6(F)[C@@H](O)C[C@]5(C)[C@]4(C(=O)CO)O3)cc2)cc1. The molecule has 372 valence electrons. The molecule has 0 radical (unpaired) electrons. The molecule has 1 saturated heterocycles. The fourth-order valence-corrected chi connectivity index (χ4v) is 12.2. The highest BCUT2D eigenvalue weighted by atomic mass is 32.2. The summed E-state index contributed by atoms with van der Waals surface area (Å²) in [5.41, 5.74) is -4.09. The largest absolute Gasteiger partial charge is 0.481 e. The van der Waals surface area contributed by atoms with Crippen molar-refractivity contribution in [3.8, 4) is 0 Å². The molecule has 16 nitrogen and oxygen atoms in total. The predicted octanol–water partition coefficient (Wildman–Crippen LogP) is 4.14. The summed E-state index contributed by atoms with van der Waals surface area (Å²) in [6, 6.07) is 12.6. The lowest BCUT2D eigenvalue weighted by Crippen LogP contribution is -2.70. The minimum atomic E-state index is -2.36. The fraction of sp³-hybridized carbons (Fsp3) is 0.540. The number of Topliss-reactive ketones (excluding diaryl/α,β-unsaturated/α-hetero) is 1. The van der Waals surface area contributed by atoms with Gasteiger partial charge in [0.15, 0.2) is 29.1 Å². The molecule has 3 saturated carbocycles. The fourth-order valence-electron chi connectivity index (χ4n) is 11.6. The van der Waals surface area contributed by atoms with E-state index < -0.39 is 124 Å². The second kappa shape index (κ2) is 19.8. The zero-order valence-corrected chi connectivity index (χ0v) is 40.1. The van der Waals surface area contributed by atoms with E-state index in [-0.39, 0.29) is 50.1 Å². The van der Waals surface area contributed by atoms with Crippen LogP contribution in [0.2, 0.25) is 0 Å². The van der Waals surface area contributed by atoms with Crippen molar-refractivity contribution in [2.24, 2.45) is 22.7 Å². The van der Waals surface area contributed by atoms with Crippen LogP contribution in [0.5, 0.6) is 0 Å². The Morgan fingerprint density at radius 1 is 0.899 bits per heavy atom. The second-order valence-electron chi connectivity index (χ2n) is 19.4. The number of nitrogens with one attached hydrogen (secondary N) is 4. The van der Waals surface area contributed by atoms with E-state index in [0.29, 0.717) is 11.3 Å². The van der Waals surface area contributed by atoms with Crippen LogP contribution in [0.3, 0.4) is 0 Å². The number of thioether (sulfide) groups is 1. The standard InChI is InChI=1S/C50H60F2N4O12S/c1-25(29-11-13-31(14-12-29)56-44(65)27(3)55-43(64)26(2)54-41(61)16-18-53-45(66)37(69-6)22-42(62)63)28-7-9-30(10-8-28)46-67-40-21-33-34-20-36(51)35-19-32(58)15-17-47(35,4)49(34,52)38(59)23-48(33,5)50(40,68-46)39(60)24-57/h7-15,17,19,25-27,33-34,36-38,40,46,57,59H,16,18,20-24H2,1-6H3,(H,53,66)(H,54,61)(H,55,64)(H,56,65)(H,62,63)/t25-,26-,27-,33-,34-,36-,37?,38-,40+,46+,47-,48-,49-,50+/m0/s1. The van der Waals surface area contributed by atoms with Crippen LogP contribution >= 0.6 is 11.8 Å². The van der Waals surface area contributed by atoms with Gasteiger partial charge in [-0.1, -0.05) is 56.3 Å². The van der Waals surface area contributed by atoms with E-state index in [0.717, 1.165) is 29.0 Å². The Bertz CT molecular complexity index is 2440. The molecular weight excluding hydrogens is 919 g/mol. The number of aliphatic hydroxyl groups is 2. The molecule has 0 bridgehead atoms. The third kappa shape index (κ3) is 9.16. The maximum atomic E-state index is 17.8. The molecule has 14 atom stereocenters. The molecule has 7 rings (SSSR count). The molecule has 4 fully saturated rings. The lowest BCUT2D eigenvalue weighted by atomic mass is 9.44. The molecule has 0 aromatic heterocycles. The maximum Gasteiger partial charge on any atom is 0.305 e. The van der Waals surface area contributed by atoms with Crippen molar-refractivity contribution in [1.82, 2.24) is 16.0 Å². The monoisotopic (exact) mass is 978 g/mol. The Morgan fingerprint density at radius 2 is 1.54 bits per heavy atom. The second-order valence-corrected chi connectivity index (χ2v) is 20.4. The van der Waals surface area contributed by atoms with Crippen molar-refractivity contribution in [3.63, 3.8) is 0 Å². The van der Waals surface area contributed by atoms with Gasteiger partial charge < -0.3 is 46.1 Å². The van der Waals surface area contributed by atoms with Gasteiger partial charge in [0.05, 0.1) is 23.9 Å². The van der Waals surface area contributed by atoms with E-state index in [4.69, 9.17) is 14.6 Å². The van der Waals surface area contributed by atoms with E-state index in [1.807, 2.05) is 31.2 Å². The minimum absolute atomic E-state index is 0.00256. The average molecular weight is 979 g/mol. The third-order valence-corrected chi connectivity index (χ3v) is 16.4. The highest BCUT2D eigenvalue weighted by molar-refractivity contribution is 7.99. The van der Waals surface area contributed by atoms with E-state index >= 15 is 8.78 Å². The number of carboxylic acids is 1.